The standard InChI is InChI=1S/C50H94O10/c1-3-5-7-9-11-13-15-17-19-21-22-23-25-26-28-30-32-34-36-38-45(52)57-41-43(42-58-50-49(56)48(55)47(54)44(40-51)60-50)59-46(53)39-37-35-33-31-29-27-24-20-18-16-14-12-10-8-6-4-2/h20,24,43-44,47-51,54-56H,3-19,21-23,25-42H2,1-2H3/b24-20-. The Kier molecular flexibility index (Phi) is 39.0. The van der Waals surface area contributed by atoms with Crippen LogP contribution in [0, 0.1) is 0 Å². The molecule has 354 valence electrons. The van der Waals surface area contributed by atoms with E-state index in [9.17, 15) is 30.0 Å². The molecular formula is C50H94O10. The summed E-state index contributed by atoms with van der Waals surface area (Å²) >= 11 is 0. The van der Waals surface area contributed by atoms with Crippen molar-refractivity contribution in [3.05, 3.63) is 12.2 Å². The molecule has 10 nitrogen and oxygen atoms in total. The van der Waals surface area contributed by atoms with E-state index in [0.717, 1.165) is 51.4 Å². The van der Waals surface area contributed by atoms with Crippen molar-refractivity contribution >= 4 is 11.9 Å². The molecule has 0 bridgehead atoms. The fourth-order valence-electron chi connectivity index (χ4n) is 7.89. The molecule has 0 aromatic carbocycles. The third kappa shape index (κ3) is 32.2. The van der Waals surface area contributed by atoms with Crippen LogP contribution >= 0.6 is 0 Å². The molecule has 0 radical (unpaired) electrons. The van der Waals surface area contributed by atoms with Crippen molar-refractivity contribution in [2.75, 3.05) is 19.8 Å². The number of hydrogen-bond acceptors (Lipinski definition) is 10. The second-order valence-corrected chi connectivity index (χ2v) is 17.6. The van der Waals surface area contributed by atoms with Crippen molar-refractivity contribution in [3.8, 4) is 0 Å². The molecule has 6 unspecified atom stereocenters. The number of carbonyl (C=O) groups is 2. The number of unbranched alkanes of at least 4 members (excludes halogenated alkanes) is 30. The number of carbonyl (C=O) groups excluding carboxylic acids is 2. The van der Waals surface area contributed by atoms with Gasteiger partial charge < -0.3 is 39.4 Å². The molecule has 1 fully saturated rings. The number of ether oxygens (including phenoxy) is 4. The van der Waals surface area contributed by atoms with Crippen LogP contribution in [0.15, 0.2) is 12.2 Å². The van der Waals surface area contributed by atoms with Crippen LogP contribution in [-0.2, 0) is 28.5 Å². The van der Waals surface area contributed by atoms with E-state index in [1.165, 1.54) is 154 Å². The minimum absolute atomic E-state index is 0.215. The fourth-order valence-corrected chi connectivity index (χ4v) is 7.89. The first-order valence-corrected chi connectivity index (χ1v) is 25.3. The van der Waals surface area contributed by atoms with Crippen molar-refractivity contribution in [3.63, 3.8) is 0 Å². The van der Waals surface area contributed by atoms with Gasteiger partial charge in [-0.25, -0.2) is 0 Å². The van der Waals surface area contributed by atoms with Gasteiger partial charge in [-0.3, -0.25) is 9.59 Å². The Morgan fingerprint density at radius 1 is 0.500 bits per heavy atom. The van der Waals surface area contributed by atoms with E-state index < -0.39 is 49.4 Å². The maximum Gasteiger partial charge on any atom is 0.306 e. The zero-order chi connectivity index (χ0) is 43.7. The van der Waals surface area contributed by atoms with Gasteiger partial charge in [0.15, 0.2) is 12.4 Å². The van der Waals surface area contributed by atoms with Gasteiger partial charge in [-0.15, -0.1) is 0 Å². The van der Waals surface area contributed by atoms with Gasteiger partial charge in [0.2, 0.25) is 0 Å². The number of rotatable bonds is 43. The topological polar surface area (TPSA) is 152 Å². The van der Waals surface area contributed by atoms with Crippen molar-refractivity contribution in [1.29, 1.82) is 0 Å². The molecule has 0 aliphatic carbocycles. The molecule has 0 aromatic rings. The monoisotopic (exact) mass is 855 g/mol. The number of allylic oxidation sites excluding steroid dienone is 2. The molecule has 4 N–H and O–H groups in total. The predicted octanol–water partition coefficient (Wildman–Crippen LogP) is 11.5. The van der Waals surface area contributed by atoms with Crippen LogP contribution in [0.4, 0.5) is 0 Å². The molecule has 0 aromatic heterocycles. The third-order valence-corrected chi connectivity index (χ3v) is 11.9. The third-order valence-electron chi connectivity index (χ3n) is 11.9. The highest BCUT2D eigenvalue weighted by molar-refractivity contribution is 5.70. The summed E-state index contributed by atoms with van der Waals surface area (Å²) in [5.74, 6) is -0.802. The summed E-state index contributed by atoms with van der Waals surface area (Å²) in [5.41, 5.74) is 0. The van der Waals surface area contributed by atoms with Gasteiger partial charge in [0, 0.05) is 12.8 Å². The Morgan fingerprint density at radius 2 is 0.883 bits per heavy atom. The van der Waals surface area contributed by atoms with E-state index in [4.69, 9.17) is 18.9 Å². The first-order valence-electron chi connectivity index (χ1n) is 25.3. The van der Waals surface area contributed by atoms with Crippen molar-refractivity contribution < 1.29 is 49.0 Å². The van der Waals surface area contributed by atoms with Crippen LogP contribution in [0.3, 0.4) is 0 Å². The van der Waals surface area contributed by atoms with Gasteiger partial charge in [-0.05, 0) is 38.5 Å². The van der Waals surface area contributed by atoms with Gasteiger partial charge in [-0.1, -0.05) is 199 Å². The summed E-state index contributed by atoms with van der Waals surface area (Å²) < 4.78 is 22.2. The molecule has 1 aliphatic heterocycles. The Bertz CT molecular complexity index is 990. The van der Waals surface area contributed by atoms with Gasteiger partial charge in [-0.2, -0.15) is 0 Å². The van der Waals surface area contributed by atoms with Gasteiger partial charge in [0.25, 0.3) is 0 Å². The summed E-state index contributed by atoms with van der Waals surface area (Å²) in [4.78, 5) is 25.4. The lowest BCUT2D eigenvalue weighted by Gasteiger charge is -2.39. The number of aliphatic hydroxyl groups excluding tert-OH is 4. The molecule has 1 aliphatic rings. The normalized spacial score (nSPS) is 19.9. The quantitative estimate of drug-likeness (QED) is 0.0265. The second-order valence-electron chi connectivity index (χ2n) is 17.6. The van der Waals surface area contributed by atoms with Crippen LogP contribution in [0.5, 0.6) is 0 Å². The summed E-state index contributed by atoms with van der Waals surface area (Å²) in [6.07, 6.45) is 37.9. The van der Waals surface area contributed by atoms with E-state index in [1.807, 2.05) is 0 Å². The summed E-state index contributed by atoms with van der Waals surface area (Å²) in [6.45, 7) is 3.45. The average Bonchev–Trinajstić information content (AvgIpc) is 3.25. The Hall–Kier alpha value is -1.56. The van der Waals surface area contributed by atoms with Crippen LogP contribution in [-0.4, -0.2) is 89.0 Å². The molecule has 1 rings (SSSR count). The Balaban J connectivity index is 2.26. The number of hydrogen-bond donors (Lipinski definition) is 4. The minimum atomic E-state index is -1.59. The largest absolute Gasteiger partial charge is 0.462 e. The zero-order valence-corrected chi connectivity index (χ0v) is 38.7. The SMILES string of the molecule is CCCCCCCCC/C=C\CCCCCCCC(=O)OC(COC(=O)CCCCCCCCCCCCCCCCCCCCC)COC1OC(CO)C(O)C(O)C1O. The summed E-state index contributed by atoms with van der Waals surface area (Å²) in [5, 5.41) is 40.2. The molecule has 0 amide bonds. The van der Waals surface area contributed by atoms with E-state index in [0.29, 0.717) is 6.42 Å². The van der Waals surface area contributed by atoms with Crippen LogP contribution in [0.2, 0.25) is 0 Å². The highest BCUT2D eigenvalue weighted by atomic mass is 16.7. The first-order chi connectivity index (χ1) is 29.3. The number of esters is 2. The highest BCUT2D eigenvalue weighted by Crippen LogP contribution is 2.23. The van der Waals surface area contributed by atoms with Crippen LogP contribution in [0.1, 0.15) is 239 Å². The highest BCUT2D eigenvalue weighted by Gasteiger charge is 2.44. The smallest absolute Gasteiger partial charge is 0.306 e. The van der Waals surface area contributed by atoms with Crippen LogP contribution < -0.4 is 0 Å². The van der Waals surface area contributed by atoms with E-state index in [1.54, 1.807) is 0 Å². The van der Waals surface area contributed by atoms with E-state index in [-0.39, 0.29) is 32.0 Å². The predicted molar refractivity (Wildman–Crippen MR) is 243 cm³/mol. The van der Waals surface area contributed by atoms with Gasteiger partial charge in [0.05, 0.1) is 13.2 Å². The minimum Gasteiger partial charge on any atom is -0.462 e. The number of aliphatic hydroxyl groups is 4. The van der Waals surface area contributed by atoms with Crippen molar-refractivity contribution in [2.45, 2.75) is 275 Å². The lowest BCUT2D eigenvalue weighted by atomic mass is 9.99. The summed E-state index contributed by atoms with van der Waals surface area (Å²) in [6, 6.07) is 0. The second kappa shape index (κ2) is 41.5. The first kappa shape index (κ1) is 56.5. The van der Waals surface area contributed by atoms with Crippen molar-refractivity contribution in [2.24, 2.45) is 0 Å². The van der Waals surface area contributed by atoms with E-state index in [2.05, 4.69) is 26.0 Å². The zero-order valence-electron chi connectivity index (χ0n) is 38.7. The molecule has 0 saturated carbocycles. The van der Waals surface area contributed by atoms with Gasteiger partial charge >= 0.3 is 11.9 Å². The maximum atomic E-state index is 12.8. The van der Waals surface area contributed by atoms with Crippen LogP contribution in [0.25, 0.3) is 0 Å². The average molecular weight is 855 g/mol. The molecule has 0 spiro atoms. The van der Waals surface area contributed by atoms with E-state index >= 15 is 0 Å². The molecule has 1 heterocycles. The Labute approximate surface area is 367 Å². The molecule has 10 heteroatoms. The fraction of sp³-hybridized carbons (Fsp3) is 0.920. The lowest BCUT2D eigenvalue weighted by Crippen LogP contribution is -2.59. The molecule has 1 saturated heterocycles. The van der Waals surface area contributed by atoms with Crippen molar-refractivity contribution in [1.82, 2.24) is 0 Å². The maximum absolute atomic E-state index is 12.8. The lowest BCUT2D eigenvalue weighted by molar-refractivity contribution is -0.305. The van der Waals surface area contributed by atoms with Gasteiger partial charge in [0.1, 0.15) is 31.0 Å². The molecule has 6 atom stereocenters. The summed E-state index contributed by atoms with van der Waals surface area (Å²) in [7, 11) is 0. The Morgan fingerprint density at radius 3 is 1.30 bits per heavy atom. The molecule has 60 heavy (non-hydrogen) atoms. The molecular weight excluding hydrogens is 761 g/mol.